The van der Waals surface area contributed by atoms with Crippen LogP contribution in [0.15, 0.2) is 42.5 Å². The molecule has 0 saturated carbocycles. The molecule has 0 saturated heterocycles. The summed E-state index contributed by atoms with van der Waals surface area (Å²) in [5, 5.41) is 2.55. The van der Waals surface area contributed by atoms with Crippen molar-refractivity contribution in [2.24, 2.45) is 0 Å². The van der Waals surface area contributed by atoms with Crippen molar-refractivity contribution in [2.75, 3.05) is 0 Å². The summed E-state index contributed by atoms with van der Waals surface area (Å²) in [5.41, 5.74) is 0.238. The van der Waals surface area contributed by atoms with Crippen LogP contribution in [0.4, 0.5) is 13.6 Å². The zero-order valence-electron chi connectivity index (χ0n) is 15.3. The number of carbonyl (C=O) groups excluding carboxylic acids is 1. The van der Waals surface area contributed by atoms with Gasteiger partial charge in [0.1, 0.15) is 29.6 Å². The van der Waals surface area contributed by atoms with E-state index in [4.69, 9.17) is 9.47 Å². The lowest BCUT2D eigenvalue weighted by Crippen LogP contribution is -2.34. The number of halogens is 2. The third kappa shape index (κ3) is 5.72. The molecule has 6 heteroatoms. The number of hydrogen-bond donors (Lipinski definition) is 1. The Morgan fingerprint density at radius 3 is 2.42 bits per heavy atom. The highest BCUT2D eigenvalue weighted by Crippen LogP contribution is 2.30. The molecule has 0 fully saturated rings. The zero-order chi connectivity index (χ0) is 19.3. The largest absolute Gasteiger partial charge is 0.488 e. The fraction of sp³-hybridized carbons (Fsp3) is 0.350. The van der Waals surface area contributed by atoms with Crippen LogP contribution in [-0.4, -0.2) is 11.7 Å². The maximum Gasteiger partial charge on any atom is 0.408 e. The first-order valence-corrected chi connectivity index (χ1v) is 8.31. The molecule has 140 valence electrons. The molecule has 0 radical (unpaired) electrons. The Labute approximate surface area is 152 Å². The summed E-state index contributed by atoms with van der Waals surface area (Å²) >= 11 is 0. The maximum atomic E-state index is 14.4. The Morgan fingerprint density at radius 1 is 1.15 bits per heavy atom. The molecule has 0 aliphatic heterocycles. The van der Waals surface area contributed by atoms with Crippen LogP contribution in [0.25, 0.3) is 0 Å². The maximum absolute atomic E-state index is 14.4. The van der Waals surface area contributed by atoms with Gasteiger partial charge in [-0.1, -0.05) is 30.3 Å². The molecule has 4 nitrogen and oxygen atoms in total. The van der Waals surface area contributed by atoms with Gasteiger partial charge in [-0.25, -0.2) is 13.6 Å². The van der Waals surface area contributed by atoms with Crippen molar-refractivity contribution in [1.82, 2.24) is 5.32 Å². The van der Waals surface area contributed by atoms with Crippen molar-refractivity contribution in [3.05, 3.63) is 65.2 Å². The van der Waals surface area contributed by atoms with Crippen LogP contribution in [0, 0.1) is 11.6 Å². The lowest BCUT2D eigenvalue weighted by molar-refractivity contribution is 0.0506. The molecule has 2 aromatic carbocycles. The standard InChI is InChI=1S/C20H23F2NO3/c1-13(23-19(24)26-20(2,3)4)18-16(22)10-15(21)11-17(18)25-12-14-8-6-5-7-9-14/h5-11,13H,12H2,1-4H3,(H,23,24). The highest BCUT2D eigenvalue weighted by atomic mass is 19.1. The Bertz CT molecular complexity index is 758. The molecule has 1 amide bonds. The van der Waals surface area contributed by atoms with Crippen LogP contribution in [0.3, 0.4) is 0 Å². The normalized spacial score (nSPS) is 12.4. The van der Waals surface area contributed by atoms with Crippen molar-refractivity contribution >= 4 is 6.09 Å². The first-order chi connectivity index (χ1) is 12.2. The third-order valence-corrected chi connectivity index (χ3v) is 3.46. The first-order valence-electron chi connectivity index (χ1n) is 8.31. The van der Waals surface area contributed by atoms with Gasteiger partial charge >= 0.3 is 6.09 Å². The number of rotatable bonds is 5. The lowest BCUT2D eigenvalue weighted by Gasteiger charge is -2.23. The SMILES string of the molecule is CC(NC(=O)OC(C)(C)C)c1c(F)cc(F)cc1OCc1ccccc1. The topological polar surface area (TPSA) is 47.6 Å². The summed E-state index contributed by atoms with van der Waals surface area (Å²) in [6, 6.07) is 10.3. The van der Waals surface area contributed by atoms with E-state index in [1.165, 1.54) is 0 Å². The van der Waals surface area contributed by atoms with Crippen molar-refractivity contribution < 1.29 is 23.0 Å². The first kappa shape index (κ1) is 19.7. The van der Waals surface area contributed by atoms with E-state index in [0.29, 0.717) is 0 Å². The van der Waals surface area contributed by atoms with Gasteiger partial charge in [-0.2, -0.15) is 0 Å². The van der Waals surface area contributed by atoms with Crippen LogP contribution in [0.5, 0.6) is 5.75 Å². The second-order valence-electron chi connectivity index (χ2n) is 6.94. The van der Waals surface area contributed by atoms with Crippen LogP contribution in [-0.2, 0) is 11.3 Å². The molecule has 1 atom stereocenters. The number of benzene rings is 2. The van der Waals surface area contributed by atoms with E-state index in [1.54, 1.807) is 27.7 Å². The van der Waals surface area contributed by atoms with E-state index in [9.17, 15) is 13.6 Å². The molecule has 0 aliphatic rings. The number of nitrogens with one attached hydrogen (secondary N) is 1. The third-order valence-electron chi connectivity index (χ3n) is 3.46. The van der Waals surface area contributed by atoms with Crippen molar-refractivity contribution in [3.8, 4) is 5.75 Å². The van der Waals surface area contributed by atoms with E-state index >= 15 is 0 Å². The zero-order valence-corrected chi connectivity index (χ0v) is 15.3. The van der Waals surface area contributed by atoms with Crippen LogP contribution >= 0.6 is 0 Å². The minimum atomic E-state index is -0.795. The molecule has 2 aromatic rings. The van der Waals surface area contributed by atoms with Crippen molar-refractivity contribution in [3.63, 3.8) is 0 Å². The number of hydrogen-bond acceptors (Lipinski definition) is 3. The molecule has 0 spiro atoms. The molecule has 2 rings (SSSR count). The second-order valence-corrected chi connectivity index (χ2v) is 6.94. The monoisotopic (exact) mass is 363 g/mol. The smallest absolute Gasteiger partial charge is 0.408 e. The van der Waals surface area contributed by atoms with Gasteiger partial charge in [0.05, 0.1) is 11.6 Å². The van der Waals surface area contributed by atoms with Crippen molar-refractivity contribution in [1.29, 1.82) is 0 Å². The van der Waals surface area contributed by atoms with E-state index in [-0.39, 0.29) is 17.9 Å². The molecule has 1 unspecified atom stereocenters. The van der Waals surface area contributed by atoms with Gasteiger partial charge in [-0.05, 0) is 33.3 Å². The van der Waals surface area contributed by atoms with E-state index < -0.39 is 29.4 Å². The van der Waals surface area contributed by atoms with Gasteiger partial charge in [0.25, 0.3) is 0 Å². The molecule has 0 aromatic heterocycles. The van der Waals surface area contributed by atoms with Crippen LogP contribution < -0.4 is 10.1 Å². The molecule has 0 aliphatic carbocycles. The van der Waals surface area contributed by atoms with E-state index in [1.807, 2.05) is 30.3 Å². The molecule has 1 N–H and O–H groups in total. The minimum absolute atomic E-state index is 0.0370. The van der Waals surface area contributed by atoms with Gasteiger partial charge in [0, 0.05) is 12.1 Å². The Morgan fingerprint density at radius 2 is 1.81 bits per heavy atom. The Kier molecular flexibility index (Phi) is 6.18. The highest BCUT2D eigenvalue weighted by molar-refractivity contribution is 5.68. The predicted molar refractivity (Wildman–Crippen MR) is 94.9 cm³/mol. The van der Waals surface area contributed by atoms with Gasteiger partial charge in [-0.3, -0.25) is 0 Å². The number of ether oxygens (including phenoxy) is 2. The summed E-state index contributed by atoms with van der Waals surface area (Å²) < 4.78 is 38.8. The average molecular weight is 363 g/mol. The molecular weight excluding hydrogens is 340 g/mol. The number of alkyl carbamates (subject to hydrolysis) is 1. The summed E-state index contributed by atoms with van der Waals surface area (Å²) in [5.74, 6) is -1.51. The van der Waals surface area contributed by atoms with E-state index in [2.05, 4.69) is 5.32 Å². The highest BCUT2D eigenvalue weighted by Gasteiger charge is 2.23. The van der Waals surface area contributed by atoms with Gasteiger partial charge in [-0.15, -0.1) is 0 Å². The lowest BCUT2D eigenvalue weighted by atomic mass is 10.1. The second kappa shape index (κ2) is 8.17. The molecule has 0 bridgehead atoms. The van der Waals surface area contributed by atoms with Gasteiger partial charge in [0.15, 0.2) is 0 Å². The molecule has 26 heavy (non-hydrogen) atoms. The summed E-state index contributed by atoms with van der Waals surface area (Å²) in [6.45, 7) is 6.91. The van der Waals surface area contributed by atoms with Crippen molar-refractivity contribution in [2.45, 2.75) is 45.9 Å². The van der Waals surface area contributed by atoms with Gasteiger partial charge in [0.2, 0.25) is 0 Å². The van der Waals surface area contributed by atoms with Gasteiger partial charge < -0.3 is 14.8 Å². The Balaban J connectivity index is 2.19. The fourth-order valence-corrected chi connectivity index (χ4v) is 2.39. The number of carbonyl (C=O) groups is 1. The average Bonchev–Trinajstić information content (AvgIpc) is 2.51. The summed E-state index contributed by atoms with van der Waals surface area (Å²) in [7, 11) is 0. The van der Waals surface area contributed by atoms with Crippen LogP contribution in [0.1, 0.15) is 44.9 Å². The molecular formula is C20H23F2NO3. The Hall–Kier alpha value is -2.63. The number of amides is 1. The van der Waals surface area contributed by atoms with E-state index in [0.717, 1.165) is 17.7 Å². The summed E-state index contributed by atoms with van der Waals surface area (Å²) in [4.78, 5) is 11.9. The predicted octanol–water partition coefficient (Wildman–Crippen LogP) is 5.13. The summed E-state index contributed by atoms with van der Waals surface area (Å²) in [6.07, 6.45) is -0.692. The molecule has 0 heterocycles. The van der Waals surface area contributed by atoms with Crippen LogP contribution in [0.2, 0.25) is 0 Å². The minimum Gasteiger partial charge on any atom is -0.488 e. The fourth-order valence-electron chi connectivity index (χ4n) is 2.39. The quantitative estimate of drug-likeness (QED) is 0.801.